The fourth-order valence-electron chi connectivity index (χ4n) is 1.38. The zero-order valence-electron chi connectivity index (χ0n) is 7.85. The molecule has 0 saturated carbocycles. The lowest BCUT2D eigenvalue weighted by Crippen LogP contribution is -1.90. The molecule has 0 N–H and O–H groups in total. The van der Waals surface area contributed by atoms with Crippen molar-refractivity contribution in [2.45, 2.75) is 0 Å². The molecular weight excluding hydrogens is 210 g/mol. The van der Waals surface area contributed by atoms with Crippen LogP contribution < -0.4 is 0 Å². The van der Waals surface area contributed by atoms with Crippen LogP contribution in [0.2, 0.25) is 5.02 Å². The van der Waals surface area contributed by atoms with Gasteiger partial charge in [-0.1, -0.05) is 41.9 Å². The fraction of sp³-hybridized carbons (Fsp3) is 0. The number of carbonyl (C=O) groups excluding carboxylic acids is 1. The van der Waals surface area contributed by atoms with Gasteiger partial charge in [0.15, 0.2) is 6.29 Å². The second-order valence-electron chi connectivity index (χ2n) is 3.04. The molecule has 0 saturated heterocycles. The first kappa shape index (κ1) is 9.87. The van der Waals surface area contributed by atoms with Gasteiger partial charge in [0.25, 0.3) is 0 Å². The fourth-order valence-corrected chi connectivity index (χ4v) is 1.65. The van der Waals surface area contributed by atoms with E-state index in [1.54, 1.807) is 12.3 Å². The average molecular weight is 218 g/mol. The predicted molar refractivity (Wildman–Crippen MR) is 60.1 cm³/mol. The highest BCUT2D eigenvalue weighted by atomic mass is 35.5. The smallest absolute Gasteiger partial charge is 0.169 e. The number of carbonyl (C=O) groups is 1. The van der Waals surface area contributed by atoms with Gasteiger partial charge in [-0.2, -0.15) is 0 Å². The van der Waals surface area contributed by atoms with Crippen molar-refractivity contribution in [2.24, 2.45) is 0 Å². The van der Waals surface area contributed by atoms with Crippen molar-refractivity contribution in [3.8, 4) is 11.1 Å². The Morgan fingerprint density at radius 3 is 2.53 bits per heavy atom. The molecule has 74 valence electrons. The predicted octanol–water partition coefficient (Wildman–Crippen LogP) is 3.21. The van der Waals surface area contributed by atoms with Gasteiger partial charge in [0.1, 0.15) is 5.69 Å². The second-order valence-corrected chi connectivity index (χ2v) is 3.42. The van der Waals surface area contributed by atoms with Crippen LogP contribution in [0.1, 0.15) is 10.5 Å². The van der Waals surface area contributed by atoms with E-state index in [1.165, 1.54) is 0 Å². The molecule has 0 aliphatic rings. The number of aldehydes is 1. The van der Waals surface area contributed by atoms with Crippen LogP contribution in [0.15, 0.2) is 42.6 Å². The van der Waals surface area contributed by atoms with Gasteiger partial charge in [0.2, 0.25) is 0 Å². The van der Waals surface area contributed by atoms with Crippen molar-refractivity contribution >= 4 is 17.9 Å². The van der Waals surface area contributed by atoms with Crippen molar-refractivity contribution in [3.05, 3.63) is 53.3 Å². The molecule has 0 atom stereocenters. The third-order valence-corrected chi connectivity index (χ3v) is 2.51. The number of aromatic nitrogens is 1. The number of benzene rings is 1. The van der Waals surface area contributed by atoms with Gasteiger partial charge >= 0.3 is 0 Å². The molecule has 1 aromatic carbocycles. The Bertz CT molecular complexity index is 482. The molecule has 0 bridgehead atoms. The minimum Gasteiger partial charge on any atom is -0.296 e. The topological polar surface area (TPSA) is 30.0 Å². The summed E-state index contributed by atoms with van der Waals surface area (Å²) in [4.78, 5) is 14.5. The Labute approximate surface area is 92.5 Å². The lowest BCUT2D eigenvalue weighted by Gasteiger charge is -2.04. The summed E-state index contributed by atoms with van der Waals surface area (Å²) in [6, 6.07) is 11.5. The Hall–Kier alpha value is -1.67. The highest BCUT2D eigenvalue weighted by Gasteiger charge is 2.07. The van der Waals surface area contributed by atoms with Crippen molar-refractivity contribution in [1.29, 1.82) is 0 Å². The summed E-state index contributed by atoms with van der Waals surface area (Å²) in [6.07, 6.45) is 2.24. The van der Waals surface area contributed by atoms with Crippen LogP contribution in [0.25, 0.3) is 11.1 Å². The molecule has 2 nitrogen and oxygen atoms in total. The van der Waals surface area contributed by atoms with Crippen LogP contribution in [0.4, 0.5) is 0 Å². The maximum atomic E-state index is 10.7. The normalized spacial score (nSPS) is 9.93. The molecule has 0 unspecified atom stereocenters. The quantitative estimate of drug-likeness (QED) is 0.723. The summed E-state index contributed by atoms with van der Waals surface area (Å²) >= 11 is 6.05. The molecule has 2 rings (SSSR count). The second kappa shape index (κ2) is 4.24. The molecule has 15 heavy (non-hydrogen) atoms. The third kappa shape index (κ3) is 1.90. The van der Waals surface area contributed by atoms with E-state index >= 15 is 0 Å². The number of nitrogens with zero attached hydrogens (tertiary/aromatic N) is 1. The molecule has 3 heteroatoms. The van der Waals surface area contributed by atoms with Gasteiger partial charge in [0.05, 0.1) is 5.02 Å². The number of hydrogen-bond acceptors (Lipinski definition) is 2. The molecule has 1 aromatic heterocycles. The SMILES string of the molecule is O=Cc1nccc(-c2ccccc2)c1Cl. The number of halogens is 1. The van der Waals surface area contributed by atoms with Crippen molar-refractivity contribution in [3.63, 3.8) is 0 Å². The Kier molecular flexibility index (Phi) is 2.79. The maximum absolute atomic E-state index is 10.7. The van der Waals surface area contributed by atoms with Crippen LogP contribution >= 0.6 is 11.6 Å². The number of rotatable bonds is 2. The lowest BCUT2D eigenvalue weighted by atomic mass is 10.1. The van der Waals surface area contributed by atoms with E-state index in [9.17, 15) is 4.79 Å². The van der Waals surface area contributed by atoms with Crippen LogP contribution in [0, 0.1) is 0 Å². The summed E-state index contributed by atoms with van der Waals surface area (Å²) in [7, 11) is 0. The highest BCUT2D eigenvalue weighted by Crippen LogP contribution is 2.28. The first-order valence-electron chi connectivity index (χ1n) is 4.48. The van der Waals surface area contributed by atoms with Gasteiger partial charge in [-0.3, -0.25) is 9.78 Å². The highest BCUT2D eigenvalue weighted by molar-refractivity contribution is 6.35. The minimum atomic E-state index is 0.276. The van der Waals surface area contributed by atoms with Crippen LogP contribution in [0.3, 0.4) is 0 Å². The van der Waals surface area contributed by atoms with Crippen molar-refractivity contribution in [2.75, 3.05) is 0 Å². The molecule has 2 aromatic rings. The van der Waals surface area contributed by atoms with E-state index < -0.39 is 0 Å². The monoisotopic (exact) mass is 217 g/mol. The van der Waals surface area contributed by atoms with E-state index in [0.29, 0.717) is 11.3 Å². The van der Waals surface area contributed by atoms with Gasteiger partial charge in [-0.05, 0) is 11.6 Å². The maximum Gasteiger partial charge on any atom is 0.169 e. The summed E-state index contributed by atoms with van der Waals surface area (Å²) in [5.41, 5.74) is 2.08. The molecule has 0 amide bonds. The first-order valence-corrected chi connectivity index (χ1v) is 4.86. The van der Waals surface area contributed by atoms with Gasteiger partial charge < -0.3 is 0 Å². The van der Waals surface area contributed by atoms with Gasteiger partial charge in [0, 0.05) is 11.8 Å². The molecular formula is C12H8ClNO. The largest absolute Gasteiger partial charge is 0.296 e. The Morgan fingerprint density at radius 1 is 1.13 bits per heavy atom. The van der Waals surface area contributed by atoms with Crippen LogP contribution in [0.5, 0.6) is 0 Å². The van der Waals surface area contributed by atoms with Crippen LogP contribution in [-0.2, 0) is 0 Å². The third-order valence-electron chi connectivity index (χ3n) is 2.11. The van der Waals surface area contributed by atoms with Crippen LogP contribution in [-0.4, -0.2) is 11.3 Å². The molecule has 1 heterocycles. The van der Waals surface area contributed by atoms with E-state index in [-0.39, 0.29) is 5.69 Å². The Balaban J connectivity index is 2.59. The standard InChI is InChI=1S/C12H8ClNO/c13-12-10(6-7-14-11(12)8-15)9-4-2-1-3-5-9/h1-8H. The average Bonchev–Trinajstić information content (AvgIpc) is 2.30. The molecule has 0 spiro atoms. The summed E-state index contributed by atoms with van der Waals surface area (Å²) in [6.45, 7) is 0. The molecule has 0 fully saturated rings. The number of pyridine rings is 1. The van der Waals surface area contributed by atoms with Gasteiger partial charge in [-0.15, -0.1) is 0 Å². The zero-order valence-corrected chi connectivity index (χ0v) is 8.61. The van der Waals surface area contributed by atoms with Crippen molar-refractivity contribution < 1.29 is 4.79 Å². The van der Waals surface area contributed by atoms with E-state index in [1.807, 2.05) is 30.3 Å². The zero-order chi connectivity index (χ0) is 10.7. The van der Waals surface area contributed by atoms with E-state index in [2.05, 4.69) is 4.98 Å². The Morgan fingerprint density at radius 2 is 1.87 bits per heavy atom. The van der Waals surface area contributed by atoms with E-state index in [4.69, 9.17) is 11.6 Å². The summed E-state index contributed by atoms with van der Waals surface area (Å²) in [5.74, 6) is 0. The number of hydrogen-bond donors (Lipinski definition) is 0. The molecule has 0 aliphatic carbocycles. The van der Waals surface area contributed by atoms with E-state index in [0.717, 1.165) is 11.1 Å². The first-order chi connectivity index (χ1) is 7.33. The minimum absolute atomic E-state index is 0.276. The summed E-state index contributed by atoms with van der Waals surface area (Å²) < 4.78 is 0. The van der Waals surface area contributed by atoms with Crippen molar-refractivity contribution in [1.82, 2.24) is 4.98 Å². The lowest BCUT2D eigenvalue weighted by molar-refractivity contribution is 0.111. The molecule has 0 aliphatic heterocycles. The van der Waals surface area contributed by atoms with Gasteiger partial charge in [-0.25, -0.2) is 0 Å². The summed E-state index contributed by atoms with van der Waals surface area (Å²) in [5, 5.41) is 0.402. The molecule has 0 radical (unpaired) electrons.